The van der Waals surface area contributed by atoms with E-state index in [-0.39, 0.29) is 11.8 Å². The fraction of sp³-hybridized carbons (Fsp3) is 0.269. The summed E-state index contributed by atoms with van der Waals surface area (Å²) >= 11 is 1.42. The third kappa shape index (κ3) is 5.63. The van der Waals surface area contributed by atoms with Gasteiger partial charge in [-0.1, -0.05) is 0 Å². The quantitative estimate of drug-likeness (QED) is 0.430. The summed E-state index contributed by atoms with van der Waals surface area (Å²) < 4.78 is 10.8. The number of hydrogen-bond donors (Lipinski definition) is 3. The van der Waals surface area contributed by atoms with E-state index in [1.165, 1.54) is 11.3 Å². The van der Waals surface area contributed by atoms with E-state index in [2.05, 4.69) is 10.6 Å². The number of amides is 3. The van der Waals surface area contributed by atoms with Crippen LogP contribution in [0, 0.1) is 0 Å². The number of carbonyl (C=O) groups is 3. The molecule has 0 aliphatic heterocycles. The second-order valence-corrected chi connectivity index (χ2v) is 9.34. The third-order valence-corrected chi connectivity index (χ3v) is 7.01. The van der Waals surface area contributed by atoms with Crippen molar-refractivity contribution in [2.75, 3.05) is 17.7 Å². The number of nitrogens with two attached hydrogens (primary N) is 1. The lowest BCUT2D eigenvalue weighted by molar-refractivity contribution is -0.122. The number of aryl methyl sites for hydroxylation is 1. The normalized spacial score (nSPS) is 13.3. The molecule has 0 spiro atoms. The molecule has 1 aliphatic carbocycles. The Hall–Kier alpha value is -3.85. The van der Waals surface area contributed by atoms with E-state index in [1.807, 2.05) is 0 Å². The fourth-order valence-corrected chi connectivity index (χ4v) is 5.24. The minimum Gasteiger partial charge on any atom is -0.497 e. The number of rotatable bonds is 8. The van der Waals surface area contributed by atoms with Crippen LogP contribution in [0.15, 0.2) is 48.5 Å². The number of benzene rings is 2. The highest BCUT2D eigenvalue weighted by molar-refractivity contribution is 7.17. The van der Waals surface area contributed by atoms with Gasteiger partial charge in [0.1, 0.15) is 16.5 Å². The Kier molecular flexibility index (Phi) is 7.36. The maximum Gasteiger partial charge on any atom is 0.265 e. The van der Waals surface area contributed by atoms with Crippen molar-refractivity contribution in [3.8, 4) is 11.5 Å². The van der Waals surface area contributed by atoms with E-state index in [0.717, 1.165) is 36.1 Å². The maximum absolute atomic E-state index is 12.8. The molecule has 0 saturated heterocycles. The van der Waals surface area contributed by atoms with Crippen LogP contribution < -0.4 is 25.8 Å². The molecule has 1 aliphatic rings. The van der Waals surface area contributed by atoms with Crippen molar-refractivity contribution in [1.82, 2.24) is 0 Å². The Balaban J connectivity index is 1.38. The highest BCUT2D eigenvalue weighted by atomic mass is 32.1. The van der Waals surface area contributed by atoms with Crippen molar-refractivity contribution in [2.24, 2.45) is 5.73 Å². The zero-order valence-corrected chi connectivity index (χ0v) is 20.4. The summed E-state index contributed by atoms with van der Waals surface area (Å²) in [4.78, 5) is 38.4. The van der Waals surface area contributed by atoms with Gasteiger partial charge in [-0.3, -0.25) is 14.4 Å². The zero-order valence-electron chi connectivity index (χ0n) is 19.6. The molecule has 2 aromatic carbocycles. The summed E-state index contributed by atoms with van der Waals surface area (Å²) in [6.07, 6.45) is 3.02. The second-order valence-electron chi connectivity index (χ2n) is 8.24. The number of ether oxygens (including phenoxy) is 2. The lowest BCUT2D eigenvalue weighted by Crippen LogP contribution is -2.30. The molecule has 0 radical (unpaired) electrons. The Morgan fingerprint density at radius 2 is 1.60 bits per heavy atom. The average molecular weight is 494 g/mol. The number of hydrogen-bond acceptors (Lipinski definition) is 6. The zero-order chi connectivity index (χ0) is 24.9. The molecule has 8 nitrogen and oxygen atoms in total. The minimum absolute atomic E-state index is 0.308. The van der Waals surface area contributed by atoms with Gasteiger partial charge >= 0.3 is 0 Å². The number of primary amides is 1. The first-order valence-electron chi connectivity index (χ1n) is 11.3. The van der Waals surface area contributed by atoms with Gasteiger partial charge in [0.15, 0.2) is 6.10 Å². The molecule has 1 aromatic heterocycles. The van der Waals surface area contributed by atoms with Gasteiger partial charge in [0.25, 0.3) is 17.7 Å². The number of thiophene rings is 1. The van der Waals surface area contributed by atoms with Gasteiger partial charge in [-0.2, -0.15) is 0 Å². The van der Waals surface area contributed by atoms with E-state index in [0.29, 0.717) is 33.3 Å². The largest absolute Gasteiger partial charge is 0.497 e. The second kappa shape index (κ2) is 10.6. The highest BCUT2D eigenvalue weighted by Gasteiger charge is 2.25. The number of methoxy groups -OCH3 is 1. The van der Waals surface area contributed by atoms with Crippen molar-refractivity contribution >= 4 is 39.7 Å². The molecule has 0 bridgehead atoms. The summed E-state index contributed by atoms with van der Waals surface area (Å²) in [5, 5.41) is 6.13. The Morgan fingerprint density at radius 3 is 2.26 bits per heavy atom. The summed E-state index contributed by atoms with van der Waals surface area (Å²) in [5.41, 5.74) is 8.03. The lowest BCUT2D eigenvalue weighted by atomic mass is 9.95. The summed E-state index contributed by atoms with van der Waals surface area (Å²) in [6, 6.07) is 13.5. The van der Waals surface area contributed by atoms with Gasteiger partial charge in [0.05, 0.1) is 12.7 Å². The van der Waals surface area contributed by atoms with Crippen LogP contribution in [0.4, 0.5) is 10.7 Å². The molecule has 1 heterocycles. The van der Waals surface area contributed by atoms with Crippen LogP contribution in [-0.2, 0) is 17.6 Å². The molecular formula is C26H27N3O5S. The summed E-state index contributed by atoms with van der Waals surface area (Å²) in [6.45, 7) is 1.64. The van der Waals surface area contributed by atoms with Crippen LogP contribution in [0.1, 0.15) is 50.9 Å². The highest BCUT2D eigenvalue weighted by Crippen LogP contribution is 2.38. The van der Waals surface area contributed by atoms with Crippen LogP contribution in [0.2, 0.25) is 0 Å². The Morgan fingerprint density at radius 1 is 0.943 bits per heavy atom. The van der Waals surface area contributed by atoms with Gasteiger partial charge in [-0.25, -0.2) is 0 Å². The first-order chi connectivity index (χ1) is 16.9. The first kappa shape index (κ1) is 24.3. The number of anilines is 2. The van der Waals surface area contributed by atoms with Crippen molar-refractivity contribution in [2.45, 2.75) is 38.7 Å². The molecule has 0 fully saturated rings. The molecular weight excluding hydrogens is 466 g/mol. The van der Waals surface area contributed by atoms with Gasteiger partial charge in [0, 0.05) is 16.1 Å². The van der Waals surface area contributed by atoms with E-state index < -0.39 is 12.0 Å². The summed E-state index contributed by atoms with van der Waals surface area (Å²) in [7, 11) is 1.57. The SMILES string of the molecule is COc1ccc(NC(=O)[C@@H](C)Oc2ccc(C(=O)Nc3sc4c(c3C(N)=O)CCCC4)cc2)cc1. The van der Waals surface area contributed by atoms with Crippen molar-refractivity contribution < 1.29 is 23.9 Å². The lowest BCUT2D eigenvalue weighted by Gasteiger charge is -2.15. The number of fused-ring (bicyclic) bond motifs is 1. The molecule has 35 heavy (non-hydrogen) atoms. The average Bonchev–Trinajstić information content (AvgIpc) is 3.23. The van der Waals surface area contributed by atoms with Crippen LogP contribution in [0.3, 0.4) is 0 Å². The molecule has 4 N–H and O–H groups in total. The Labute approximate surface area is 207 Å². The standard InChI is InChI=1S/C26H27N3O5S/c1-15(24(31)28-17-9-13-18(33-2)14-10-17)34-19-11-7-16(8-12-19)25(32)29-26-22(23(27)30)20-5-3-4-6-21(20)35-26/h7-15H,3-6H2,1-2H3,(H2,27,30)(H,28,31)(H,29,32)/t15-/m1/s1. The van der Waals surface area contributed by atoms with Crippen LogP contribution >= 0.6 is 11.3 Å². The van der Waals surface area contributed by atoms with Crippen LogP contribution in [-0.4, -0.2) is 30.9 Å². The van der Waals surface area contributed by atoms with E-state index in [4.69, 9.17) is 15.2 Å². The van der Waals surface area contributed by atoms with Crippen molar-refractivity contribution in [1.29, 1.82) is 0 Å². The summed E-state index contributed by atoms with van der Waals surface area (Å²) in [5.74, 6) is -0.0322. The third-order valence-electron chi connectivity index (χ3n) is 5.80. The molecule has 182 valence electrons. The number of nitrogens with one attached hydrogen (secondary N) is 2. The van der Waals surface area contributed by atoms with Crippen molar-refractivity contribution in [3.63, 3.8) is 0 Å². The topological polar surface area (TPSA) is 120 Å². The van der Waals surface area contributed by atoms with Gasteiger partial charge in [0.2, 0.25) is 0 Å². The van der Waals surface area contributed by atoms with E-state index in [1.54, 1.807) is 62.6 Å². The number of carbonyl (C=O) groups excluding carboxylic acids is 3. The van der Waals surface area contributed by atoms with E-state index in [9.17, 15) is 14.4 Å². The van der Waals surface area contributed by atoms with Gasteiger partial charge in [-0.05, 0) is 86.7 Å². The molecule has 3 aromatic rings. The van der Waals surface area contributed by atoms with E-state index >= 15 is 0 Å². The van der Waals surface area contributed by atoms with Gasteiger partial charge in [-0.15, -0.1) is 11.3 Å². The minimum atomic E-state index is -0.757. The monoisotopic (exact) mass is 493 g/mol. The molecule has 0 saturated carbocycles. The van der Waals surface area contributed by atoms with Crippen LogP contribution in [0.5, 0.6) is 11.5 Å². The Bertz CT molecular complexity index is 1240. The predicted octanol–water partition coefficient (Wildman–Crippen LogP) is 4.39. The fourth-order valence-electron chi connectivity index (χ4n) is 3.95. The molecule has 0 unspecified atom stereocenters. The first-order valence-corrected chi connectivity index (χ1v) is 12.1. The maximum atomic E-state index is 12.8. The predicted molar refractivity (Wildman–Crippen MR) is 136 cm³/mol. The molecule has 1 atom stereocenters. The van der Waals surface area contributed by atoms with Crippen molar-refractivity contribution in [3.05, 3.63) is 70.1 Å². The molecule has 3 amide bonds. The van der Waals surface area contributed by atoms with Crippen LogP contribution in [0.25, 0.3) is 0 Å². The molecule has 4 rings (SSSR count). The smallest absolute Gasteiger partial charge is 0.265 e. The van der Waals surface area contributed by atoms with Gasteiger partial charge < -0.3 is 25.8 Å². The molecule has 9 heteroatoms.